The van der Waals surface area contributed by atoms with Crippen molar-refractivity contribution in [1.29, 1.82) is 0 Å². The predicted molar refractivity (Wildman–Crippen MR) is 179 cm³/mol. The lowest BCUT2D eigenvalue weighted by Gasteiger charge is -2.20. The summed E-state index contributed by atoms with van der Waals surface area (Å²) in [5.41, 5.74) is 2.69. The van der Waals surface area contributed by atoms with Crippen LogP contribution in [0.15, 0.2) is 97.3 Å². The van der Waals surface area contributed by atoms with Crippen molar-refractivity contribution in [3.8, 4) is 20.9 Å². The molecule has 0 radical (unpaired) electrons. The molecule has 0 fully saturated rings. The normalized spacial score (nSPS) is 12.0. The van der Waals surface area contributed by atoms with E-state index in [9.17, 15) is 9.59 Å². The van der Waals surface area contributed by atoms with Crippen molar-refractivity contribution in [2.75, 3.05) is 18.0 Å². The van der Waals surface area contributed by atoms with E-state index in [0.29, 0.717) is 22.3 Å². The van der Waals surface area contributed by atoms with Gasteiger partial charge in [-0.15, -0.1) is 34.0 Å². The van der Waals surface area contributed by atoms with Crippen molar-refractivity contribution >= 4 is 91.2 Å². The third-order valence-corrected chi connectivity index (χ3v) is 11.6. The predicted octanol–water partition coefficient (Wildman–Crippen LogP) is 9.72. The molecule has 5 heterocycles. The van der Waals surface area contributed by atoms with Gasteiger partial charge >= 0.3 is 11.3 Å². The summed E-state index contributed by atoms with van der Waals surface area (Å²) in [6.45, 7) is 6.00. The zero-order valence-corrected chi connectivity index (χ0v) is 25.2. The number of hydrogen-bond donors (Lipinski definition) is 0. The van der Waals surface area contributed by atoms with E-state index in [1.54, 1.807) is 34.0 Å². The average molecular weight is 606 g/mol. The Kier molecular flexibility index (Phi) is 5.86. The Labute approximate surface area is 251 Å². The number of nitrogens with zero attached hydrogens (tertiary/aromatic N) is 1. The minimum atomic E-state index is -0.340. The van der Waals surface area contributed by atoms with Gasteiger partial charge in [0.2, 0.25) is 0 Å². The van der Waals surface area contributed by atoms with Gasteiger partial charge in [-0.25, -0.2) is 9.59 Å². The maximum atomic E-state index is 13.1. The smallest absolute Gasteiger partial charge is 0.345 e. The number of fused-ring (bicyclic) bond motifs is 6. The molecule has 206 valence electrons. The molecular weight excluding hydrogens is 583 g/mol. The number of thiophene rings is 3. The Balaban J connectivity index is 1.20. The van der Waals surface area contributed by atoms with Gasteiger partial charge in [0.1, 0.15) is 11.2 Å². The van der Waals surface area contributed by atoms with Crippen LogP contribution >= 0.6 is 34.0 Å². The van der Waals surface area contributed by atoms with Crippen LogP contribution in [0.1, 0.15) is 13.8 Å². The van der Waals surface area contributed by atoms with Crippen LogP contribution in [-0.2, 0) is 0 Å². The summed E-state index contributed by atoms with van der Waals surface area (Å²) in [4.78, 5) is 30.2. The van der Waals surface area contributed by atoms with E-state index in [-0.39, 0.29) is 11.3 Å². The van der Waals surface area contributed by atoms with Gasteiger partial charge in [0.15, 0.2) is 0 Å². The molecule has 8 aromatic rings. The average Bonchev–Trinajstić information content (AvgIpc) is 3.67. The first-order chi connectivity index (χ1) is 20.5. The Morgan fingerprint density at radius 3 is 1.79 bits per heavy atom. The van der Waals surface area contributed by atoms with Gasteiger partial charge < -0.3 is 13.7 Å². The number of hydrogen-bond acceptors (Lipinski definition) is 8. The Hall–Kier alpha value is -4.24. The molecule has 8 rings (SSSR count). The van der Waals surface area contributed by atoms with E-state index < -0.39 is 0 Å². The summed E-state index contributed by atoms with van der Waals surface area (Å²) in [7, 11) is 0. The molecule has 0 amide bonds. The number of anilines is 1. The minimum Gasteiger partial charge on any atom is -0.422 e. The van der Waals surface area contributed by atoms with Gasteiger partial charge in [-0.1, -0.05) is 24.3 Å². The zero-order chi connectivity index (χ0) is 28.5. The van der Waals surface area contributed by atoms with Crippen LogP contribution < -0.4 is 16.2 Å². The van der Waals surface area contributed by atoms with Crippen LogP contribution in [0.5, 0.6) is 0 Å². The number of rotatable bonds is 5. The van der Waals surface area contributed by atoms with E-state index in [4.69, 9.17) is 8.83 Å². The van der Waals surface area contributed by atoms with Crippen molar-refractivity contribution < 1.29 is 8.83 Å². The van der Waals surface area contributed by atoms with E-state index in [1.807, 2.05) is 48.5 Å². The zero-order valence-electron chi connectivity index (χ0n) is 22.7. The lowest BCUT2D eigenvalue weighted by atomic mass is 10.1. The van der Waals surface area contributed by atoms with Gasteiger partial charge in [-0.3, -0.25) is 0 Å². The third-order valence-electron chi connectivity index (χ3n) is 7.80. The molecule has 0 aliphatic heterocycles. The van der Waals surface area contributed by atoms with E-state index in [0.717, 1.165) is 68.9 Å². The number of benzene rings is 3. The van der Waals surface area contributed by atoms with Gasteiger partial charge in [-0.05, 0) is 73.2 Å². The molecule has 0 aliphatic carbocycles. The summed E-state index contributed by atoms with van der Waals surface area (Å²) in [5, 5.41) is 3.94. The molecule has 0 unspecified atom stereocenters. The third kappa shape index (κ3) is 4.01. The van der Waals surface area contributed by atoms with Crippen molar-refractivity contribution in [1.82, 2.24) is 0 Å². The summed E-state index contributed by atoms with van der Waals surface area (Å²) >= 11 is 4.86. The highest BCUT2D eigenvalue weighted by molar-refractivity contribution is 7.40. The lowest BCUT2D eigenvalue weighted by molar-refractivity contribution is 0.563. The fourth-order valence-corrected chi connectivity index (χ4v) is 9.67. The highest BCUT2D eigenvalue weighted by atomic mass is 32.1. The lowest BCUT2D eigenvalue weighted by Crippen LogP contribution is -2.21. The molecule has 0 bridgehead atoms. The van der Waals surface area contributed by atoms with Gasteiger partial charge in [-0.2, -0.15) is 0 Å². The van der Waals surface area contributed by atoms with Crippen LogP contribution in [0.2, 0.25) is 0 Å². The molecule has 3 aromatic carbocycles. The van der Waals surface area contributed by atoms with Crippen molar-refractivity contribution in [3.63, 3.8) is 0 Å². The van der Waals surface area contributed by atoms with Crippen molar-refractivity contribution in [2.24, 2.45) is 0 Å². The van der Waals surface area contributed by atoms with Crippen LogP contribution in [0, 0.1) is 0 Å². The first-order valence-electron chi connectivity index (χ1n) is 13.7. The first-order valence-corrected chi connectivity index (χ1v) is 16.2. The molecule has 0 atom stereocenters. The summed E-state index contributed by atoms with van der Waals surface area (Å²) in [5.74, 6) is 0. The quantitative estimate of drug-likeness (QED) is 0.144. The molecule has 0 spiro atoms. The largest absolute Gasteiger partial charge is 0.422 e. The summed E-state index contributed by atoms with van der Waals surface area (Å²) in [6, 6.07) is 26.1. The van der Waals surface area contributed by atoms with Crippen molar-refractivity contribution in [3.05, 3.63) is 99.7 Å². The maximum absolute atomic E-state index is 13.1. The standard InChI is InChI=1S/C34H23NO4S3/c1-3-35(4-2)22-10-9-20-12-23(33(36)39-26(20)15-22)27-16-29-31(41-27)32-30(40-29)17-28(42-32)24-13-21-11-18-7-5-6-8-19(18)14-25(21)38-34(24)37/h5-17H,3-4H2,1-2H3. The van der Waals surface area contributed by atoms with Crippen LogP contribution in [0.3, 0.4) is 0 Å². The van der Waals surface area contributed by atoms with Gasteiger partial charge in [0, 0.05) is 54.8 Å². The highest BCUT2D eigenvalue weighted by Crippen LogP contribution is 2.47. The molecular formula is C34H23NO4S3. The molecule has 5 aromatic heterocycles. The van der Waals surface area contributed by atoms with Gasteiger partial charge in [0.05, 0.1) is 20.5 Å². The summed E-state index contributed by atoms with van der Waals surface area (Å²) in [6.07, 6.45) is 0. The van der Waals surface area contributed by atoms with Crippen LogP contribution in [0.4, 0.5) is 5.69 Å². The first kappa shape index (κ1) is 25.5. The van der Waals surface area contributed by atoms with Crippen LogP contribution in [0.25, 0.3) is 72.4 Å². The van der Waals surface area contributed by atoms with E-state index in [2.05, 4.69) is 49.1 Å². The Morgan fingerprint density at radius 1 is 0.595 bits per heavy atom. The second-order valence-corrected chi connectivity index (χ2v) is 13.4. The maximum Gasteiger partial charge on any atom is 0.345 e. The molecule has 0 saturated carbocycles. The molecule has 0 saturated heterocycles. The molecule has 42 heavy (non-hydrogen) atoms. The molecule has 0 N–H and O–H groups in total. The van der Waals surface area contributed by atoms with Gasteiger partial charge in [0.25, 0.3) is 0 Å². The van der Waals surface area contributed by atoms with Crippen LogP contribution in [-0.4, -0.2) is 13.1 Å². The Bertz CT molecular complexity index is 2450. The molecule has 8 heteroatoms. The summed E-state index contributed by atoms with van der Waals surface area (Å²) < 4.78 is 16.1. The molecule has 5 nitrogen and oxygen atoms in total. The van der Waals surface area contributed by atoms with Crippen molar-refractivity contribution in [2.45, 2.75) is 13.8 Å². The second kappa shape index (κ2) is 9.66. The fraction of sp³-hybridized carbons (Fsp3) is 0.118. The molecule has 0 aliphatic rings. The van der Waals surface area contributed by atoms with E-state index in [1.165, 1.54) is 0 Å². The second-order valence-electron chi connectivity index (χ2n) is 10.2. The fourth-order valence-electron chi connectivity index (χ4n) is 5.64. The SMILES string of the molecule is CCN(CC)c1ccc2cc(-c3cc4sc5cc(-c6cc7cc8ccccc8cc7oc6=O)sc5c4s3)c(=O)oc2c1. The topological polar surface area (TPSA) is 63.7 Å². The highest BCUT2D eigenvalue weighted by Gasteiger charge is 2.19. The monoisotopic (exact) mass is 605 g/mol. The van der Waals surface area contributed by atoms with E-state index >= 15 is 0 Å². The minimum absolute atomic E-state index is 0.336. The Morgan fingerprint density at radius 2 is 1.17 bits per heavy atom.